The molecule has 0 fully saturated rings. The highest BCUT2D eigenvalue weighted by Crippen LogP contribution is 2.11. The van der Waals surface area contributed by atoms with Crippen LogP contribution in [0.3, 0.4) is 0 Å². The lowest BCUT2D eigenvalue weighted by Gasteiger charge is -2.18. The number of hydrogen-bond acceptors (Lipinski definition) is 2. The summed E-state index contributed by atoms with van der Waals surface area (Å²) in [5, 5.41) is 3.04. The Morgan fingerprint density at radius 3 is 2.53 bits per heavy atom. The van der Waals surface area contributed by atoms with Gasteiger partial charge in [-0.2, -0.15) is 0 Å². The molecule has 1 aromatic carbocycles. The van der Waals surface area contributed by atoms with E-state index in [-0.39, 0.29) is 11.9 Å². The molecule has 0 radical (unpaired) electrons. The molecule has 2 atom stereocenters. The smallest absolute Gasteiger partial charge is 0.251 e. The minimum Gasteiger partial charge on any atom is -0.384 e. The van der Waals surface area contributed by atoms with Crippen molar-refractivity contribution in [1.29, 1.82) is 0 Å². The summed E-state index contributed by atoms with van der Waals surface area (Å²) in [6, 6.07) is 5.96. The molecule has 0 aliphatic rings. The summed E-state index contributed by atoms with van der Waals surface area (Å²) < 4.78 is 5.11. The van der Waals surface area contributed by atoms with Crippen molar-refractivity contribution in [1.82, 2.24) is 5.32 Å². The van der Waals surface area contributed by atoms with Gasteiger partial charge in [-0.15, -0.1) is 0 Å². The van der Waals surface area contributed by atoms with Gasteiger partial charge in [-0.25, -0.2) is 0 Å². The van der Waals surface area contributed by atoms with Gasteiger partial charge in [-0.3, -0.25) is 4.79 Å². The molecule has 1 rings (SSSR count). The predicted molar refractivity (Wildman–Crippen MR) is 78.5 cm³/mol. The van der Waals surface area contributed by atoms with Crippen molar-refractivity contribution in [3.63, 3.8) is 0 Å². The summed E-state index contributed by atoms with van der Waals surface area (Å²) in [6.45, 7) is 8.96. The molecule has 3 nitrogen and oxygen atoms in total. The molecular weight excluding hydrogens is 238 g/mol. The van der Waals surface area contributed by atoms with Crippen LogP contribution in [-0.2, 0) is 4.74 Å². The van der Waals surface area contributed by atoms with E-state index in [1.807, 2.05) is 39.0 Å². The Balaban J connectivity index is 2.56. The van der Waals surface area contributed by atoms with Gasteiger partial charge in [0, 0.05) is 25.3 Å². The van der Waals surface area contributed by atoms with Crippen LogP contribution in [0.5, 0.6) is 0 Å². The van der Waals surface area contributed by atoms with E-state index in [1.54, 1.807) is 7.11 Å². The number of carbonyl (C=O) groups excluding carboxylic acids is 1. The first kappa shape index (κ1) is 15.7. The van der Waals surface area contributed by atoms with E-state index in [1.165, 1.54) is 5.56 Å². The molecule has 1 aromatic rings. The van der Waals surface area contributed by atoms with Crippen molar-refractivity contribution in [3.05, 3.63) is 34.9 Å². The Kier molecular flexibility index (Phi) is 6.03. The summed E-state index contributed by atoms with van der Waals surface area (Å²) in [6.07, 6.45) is 0.921. The average molecular weight is 263 g/mol. The van der Waals surface area contributed by atoms with E-state index < -0.39 is 0 Å². The first-order valence-electron chi connectivity index (χ1n) is 6.81. The van der Waals surface area contributed by atoms with Gasteiger partial charge in [0.05, 0.1) is 0 Å². The Morgan fingerprint density at radius 1 is 1.26 bits per heavy atom. The lowest BCUT2D eigenvalue weighted by molar-refractivity contribution is 0.0926. The topological polar surface area (TPSA) is 38.3 Å². The zero-order chi connectivity index (χ0) is 14.4. The molecule has 1 N–H and O–H groups in total. The molecule has 3 heteroatoms. The van der Waals surface area contributed by atoms with Crippen LogP contribution >= 0.6 is 0 Å². The summed E-state index contributed by atoms with van der Waals surface area (Å²) in [5.74, 6) is 0.445. The summed E-state index contributed by atoms with van der Waals surface area (Å²) >= 11 is 0. The van der Waals surface area contributed by atoms with Gasteiger partial charge in [0.2, 0.25) is 0 Å². The largest absolute Gasteiger partial charge is 0.384 e. The van der Waals surface area contributed by atoms with Crippen LogP contribution in [0.4, 0.5) is 0 Å². The van der Waals surface area contributed by atoms with Gasteiger partial charge in [-0.05, 0) is 56.4 Å². The van der Waals surface area contributed by atoms with Crippen LogP contribution in [0.2, 0.25) is 0 Å². The van der Waals surface area contributed by atoms with Crippen molar-refractivity contribution in [2.24, 2.45) is 5.92 Å². The molecule has 0 unspecified atom stereocenters. The van der Waals surface area contributed by atoms with Gasteiger partial charge in [0.15, 0.2) is 0 Å². The Hall–Kier alpha value is -1.35. The number of carbonyl (C=O) groups is 1. The second kappa shape index (κ2) is 7.29. The predicted octanol–water partition coefficient (Wildman–Crippen LogP) is 3.09. The molecule has 106 valence electrons. The molecule has 1 amide bonds. The van der Waals surface area contributed by atoms with E-state index >= 15 is 0 Å². The number of methoxy groups -OCH3 is 1. The van der Waals surface area contributed by atoms with Gasteiger partial charge < -0.3 is 10.1 Å². The van der Waals surface area contributed by atoms with Gasteiger partial charge in [-0.1, -0.05) is 13.0 Å². The number of ether oxygens (including phenoxy) is 1. The zero-order valence-electron chi connectivity index (χ0n) is 12.6. The first-order valence-corrected chi connectivity index (χ1v) is 6.81. The third kappa shape index (κ3) is 5.03. The van der Waals surface area contributed by atoms with Crippen LogP contribution in [0.25, 0.3) is 0 Å². The fourth-order valence-electron chi connectivity index (χ4n) is 2.20. The number of rotatable bonds is 6. The summed E-state index contributed by atoms with van der Waals surface area (Å²) in [5.41, 5.74) is 3.08. The highest BCUT2D eigenvalue weighted by molar-refractivity contribution is 5.94. The summed E-state index contributed by atoms with van der Waals surface area (Å²) in [7, 11) is 1.70. The summed E-state index contributed by atoms with van der Waals surface area (Å²) in [4.78, 5) is 12.1. The first-order chi connectivity index (χ1) is 8.93. The molecule has 0 aromatic heterocycles. The monoisotopic (exact) mass is 263 g/mol. The van der Waals surface area contributed by atoms with Gasteiger partial charge in [0.1, 0.15) is 0 Å². The maximum atomic E-state index is 12.1. The normalized spacial score (nSPS) is 13.9. The molecule has 0 spiro atoms. The van der Waals surface area contributed by atoms with Crippen molar-refractivity contribution in [3.8, 4) is 0 Å². The number of benzene rings is 1. The van der Waals surface area contributed by atoms with E-state index in [4.69, 9.17) is 4.74 Å². The van der Waals surface area contributed by atoms with E-state index in [0.29, 0.717) is 5.92 Å². The standard InChI is InChI=1S/C16H25NO2/c1-11(10-19-5)8-14(4)17-16(18)15-7-6-12(2)13(3)9-15/h6-7,9,11,14H,8,10H2,1-5H3,(H,17,18)/t11-,14+/m0/s1. The lowest BCUT2D eigenvalue weighted by atomic mass is 10.0. The highest BCUT2D eigenvalue weighted by Gasteiger charge is 2.13. The molecule has 0 saturated heterocycles. The van der Waals surface area contributed by atoms with Crippen LogP contribution in [0, 0.1) is 19.8 Å². The quantitative estimate of drug-likeness (QED) is 0.856. The van der Waals surface area contributed by atoms with Crippen molar-refractivity contribution in [2.45, 2.75) is 40.2 Å². The third-order valence-electron chi connectivity index (χ3n) is 3.35. The second-order valence-electron chi connectivity index (χ2n) is 5.47. The minimum absolute atomic E-state index is 0.000201. The molecule has 19 heavy (non-hydrogen) atoms. The van der Waals surface area contributed by atoms with E-state index in [0.717, 1.165) is 24.2 Å². The van der Waals surface area contributed by atoms with Gasteiger partial charge >= 0.3 is 0 Å². The maximum absolute atomic E-state index is 12.1. The van der Waals surface area contributed by atoms with Crippen molar-refractivity contribution < 1.29 is 9.53 Å². The van der Waals surface area contributed by atoms with Crippen molar-refractivity contribution >= 4 is 5.91 Å². The SMILES string of the molecule is COC[C@@H](C)C[C@@H](C)NC(=O)c1ccc(C)c(C)c1. The molecule has 0 aliphatic heterocycles. The minimum atomic E-state index is 0.000201. The number of nitrogens with one attached hydrogen (secondary N) is 1. The zero-order valence-corrected chi connectivity index (χ0v) is 12.6. The Morgan fingerprint density at radius 2 is 1.95 bits per heavy atom. The van der Waals surface area contributed by atoms with Crippen molar-refractivity contribution in [2.75, 3.05) is 13.7 Å². The lowest BCUT2D eigenvalue weighted by Crippen LogP contribution is -2.34. The van der Waals surface area contributed by atoms with Crippen LogP contribution < -0.4 is 5.32 Å². The third-order valence-corrected chi connectivity index (χ3v) is 3.35. The maximum Gasteiger partial charge on any atom is 0.251 e. The number of aryl methyl sites for hydroxylation is 2. The molecular formula is C16H25NO2. The van der Waals surface area contributed by atoms with Gasteiger partial charge in [0.25, 0.3) is 5.91 Å². The number of hydrogen-bond donors (Lipinski definition) is 1. The Bertz CT molecular complexity index is 429. The average Bonchev–Trinajstić information content (AvgIpc) is 2.32. The van der Waals surface area contributed by atoms with Crippen LogP contribution in [-0.4, -0.2) is 25.7 Å². The molecule has 0 saturated carbocycles. The fourth-order valence-corrected chi connectivity index (χ4v) is 2.20. The number of amides is 1. The van der Waals surface area contributed by atoms with E-state index in [2.05, 4.69) is 12.2 Å². The fraction of sp³-hybridized carbons (Fsp3) is 0.562. The second-order valence-corrected chi connectivity index (χ2v) is 5.47. The highest BCUT2D eigenvalue weighted by atomic mass is 16.5. The van der Waals surface area contributed by atoms with E-state index in [9.17, 15) is 4.79 Å². The Labute approximate surface area is 116 Å². The molecule has 0 aliphatic carbocycles. The van der Waals surface area contributed by atoms with Crippen LogP contribution in [0.15, 0.2) is 18.2 Å². The molecule has 0 heterocycles. The van der Waals surface area contributed by atoms with Crippen LogP contribution in [0.1, 0.15) is 41.8 Å². The molecule has 0 bridgehead atoms.